The average Bonchev–Trinajstić information content (AvgIpc) is 2.55. The summed E-state index contributed by atoms with van der Waals surface area (Å²) in [5.74, 6) is 1.64. The second-order valence-electron chi connectivity index (χ2n) is 5.76. The van der Waals surface area contributed by atoms with Gasteiger partial charge in [0.2, 0.25) is 5.91 Å². The summed E-state index contributed by atoms with van der Waals surface area (Å²) in [6, 6.07) is 18.9. The molecule has 22 heavy (non-hydrogen) atoms. The molecular formula is C19H21NOS. The van der Waals surface area contributed by atoms with Crippen LogP contribution in [0.25, 0.3) is 0 Å². The van der Waals surface area contributed by atoms with E-state index < -0.39 is 0 Å². The number of rotatable bonds is 4. The number of thioether (sulfide) groups is 1. The number of benzene rings is 2. The van der Waals surface area contributed by atoms with Gasteiger partial charge in [0, 0.05) is 17.5 Å². The second-order valence-corrected chi connectivity index (χ2v) is 6.74. The van der Waals surface area contributed by atoms with Crippen molar-refractivity contribution in [3.63, 3.8) is 0 Å². The maximum Gasteiger partial charge on any atom is 0.237 e. The van der Waals surface area contributed by atoms with Gasteiger partial charge in [0.15, 0.2) is 0 Å². The molecule has 0 saturated carbocycles. The van der Waals surface area contributed by atoms with Gasteiger partial charge in [-0.3, -0.25) is 4.79 Å². The third-order valence-corrected chi connectivity index (χ3v) is 5.12. The highest BCUT2D eigenvalue weighted by Crippen LogP contribution is 2.31. The normalized spacial score (nSPS) is 17.1. The third-order valence-electron chi connectivity index (χ3n) is 4.13. The summed E-state index contributed by atoms with van der Waals surface area (Å²) >= 11 is 1.69. The minimum atomic E-state index is 0.223. The number of hydrogen-bond donors (Lipinski definition) is 0. The van der Waals surface area contributed by atoms with E-state index in [-0.39, 0.29) is 5.91 Å². The Morgan fingerprint density at radius 3 is 2.68 bits per heavy atom. The second kappa shape index (κ2) is 7.01. The summed E-state index contributed by atoms with van der Waals surface area (Å²) in [6.45, 7) is 2.15. The topological polar surface area (TPSA) is 20.3 Å². The van der Waals surface area contributed by atoms with Gasteiger partial charge in [0.25, 0.3) is 0 Å². The SMILES string of the molecule is CC1CCc2ccccc2N1C(=O)CSCc1ccccc1. The van der Waals surface area contributed by atoms with Crippen molar-refractivity contribution in [3.05, 3.63) is 65.7 Å². The Hall–Kier alpha value is -1.74. The fraction of sp³-hybridized carbons (Fsp3) is 0.316. The van der Waals surface area contributed by atoms with E-state index >= 15 is 0 Å². The van der Waals surface area contributed by atoms with Crippen LogP contribution in [0, 0.1) is 0 Å². The van der Waals surface area contributed by atoms with Crippen LogP contribution in [0.3, 0.4) is 0 Å². The molecule has 0 radical (unpaired) electrons. The van der Waals surface area contributed by atoms with Crippen molar-refractivity contribution in [3.8, 4) is 0 Å². The molecule has 2 aromatic rings. The summed E-state index contributed by atoms with van der Waals surface area (Å²) in [6.07, 6.45) is 2.12. The predicted octanol–water partition coefficient (Wildman–Crippen LogP) is 4.29. The van der Waals surface area contributed by atoms with Gasteiger partial charge in [-0.25, -0.2) is 0 Å². The molecule has 0 saturated heterocycles. The molecule has 0 fully saturated rings. The molecule has 3 rings (SSSR count). The molecule has 1 heterocycles. The summed E-state index contributed by atoms with van der Waals surface area (Å²) in [5, 5.41) is 0. The van der Waals surface area contributed by atoms with Crippen LogP contribution in [0.4, 0.5) is 5.69 Å². The molecule has 0 N–H and O–H groups in total. The first-order chi connectivity index (χ1) is 10.8. The lowest BCUT2D eigenvalue weighted by atomic mass is 9.97. The minimum absolute atomic E-state index is 0.223. The first kappa shape index (κ1) is 15.2. The Labute approximate surface area is 136 Å². The molecule has 1 aliphatic heterocycles. The Balaban J connectivity index is 1.64. The van der Waals surface area contributed by atoms with E-state index in [4.69, 9.17) is 0 Å². The van der Waals surface area contributed by atoms with E-state index in [1.165, 1.54) is 11.1 Å². The van der Waals surface area contributed by atoms with Gasteiger partial charge in [-0.15, -0.1) is 11.8 Å². The van der Waals surface area contributed by atoms with Crippen molar-refractivity contribution >= 4 is 23.4 Å². The number of anilines is 1. The summed E-state index contributed by atoms with van der Waals surface area (Å²) in [4.78, 5) is 14.7. The van der Waals surface area contributed by atoms with Crippen LogP contribution in [-0.4, -0.2) is 17.7 Å². The molecule has 1 atom stereocenters. The highest BCUT2D eigenvalue weighted by atomic mass is 32.2. The summed E-state index contributed by atoms with van der Waals surface area (Å²) < 4.78 is 0. The molecule has 2 aromatic carbocycles. The van der Waals surface area contributed by atoms with Crippen LogP contribution in [0.15, 0.2) is 54.6 Å². The maximum atomic E-state index is 12.7. The van der Waals surface area contributed by atoms with Gasteiger partial charge >= 0.3 is 0 Å². The van der Waals surface area contributed by atoms with Crippen molar-refractivity contribution < 1.29 is 4.79 Å². The van der Waals surface area contributed by atoms with Crippen molar-refractivity contribution in [2.45, 2.75) is 31.6 Å². The van der Waals surface area contributed by atoms with Crippen molar-refractivity contribution in [2.24, 2.45) is 0 Å². The first-order valence-corrected chi connectivity index (χ1v) is 8.93. The molecule has 0 spiro atoms. The maximum absolute atomic E-state index is 12.7. The number of carbonyl (C=O) groups excluding carboxylic acids is 1. The van der Waals surface area contributed by atoms with Crippen LogP contribution >= 0.6 is 11.8 Å². The fourth-order valence-electron chi connectivity index (χ4n) is 2.97. The Morgan fingerprint density at radius 1 is 1.14 bits per heavy atom. The van der Waals surface area contributed by atoms with Crippen molar-refractivity contribution in [2.75, 3.05) is 10.7 Å². The number of nitrogens with zero attached hydrogens (tertiary/aromatic N) is 1. The molecule has 3 heteroatoms. The van der Waals surface area contributed by atoms with Crippen LogP contribution in [0.1, 0.15) is 24.5 Å². The smallest absolute Gasteiger partial charge is 0.237 e. The number of para-hydroxylation sites is 1. The lowest BCUT2D eigenvalue weighted by molar-refractivity contribution is -0.116. The number of aryl methyl sites for hydroxylation is 1. The minimum Gasteiger partial charge on any atom is -0.309 e. The number of carbonyl (C=O) groups is 1. The van der Waals surface area contributed by atoms with E-state index in [2.05, 4.69) is 37.3 Å². The molecular weight excluding hydrogens is 290 g/mol. The van der Waals surface area contributed by atoms with E-state index in [1.54, 1.807) is 11.8 Å². The van der Waals surface area contributed by atoms with Gasteiger partial charge in [0.1, 0.15) is 0 Å². The lowest BCUT2D eigenvalue weighted by Gasteiger charge is -2.35. The van der Waals surface area contributed by atoms with Gasteiger partial charge < -0.3 is 4.90 Å². The highest BCUT2D eigenvalue weighted by molar-refractivity contribution is 7.99. The Kier molecular flexibility index (Phi) is 4.84. The van der Waals surface area contributed by atoms with Crippen LogP contribution in [-0.2, 0) is 17.0 Å². The number of hydrogen-bond acceptors (Lipinski definition) is 2. The standard InChI is InChI=1S/C19H21NOS/c1-15-11-12-17-9-5-6-10-18(17)20(15)19(21)14-22-13-16-7-3-2-4-8-16/h2-10,15H,11-14H2,1H3. The number of fused-ring (bicyclic) bond motifs is 1. The van der Waals surface area contributed by atoms with E-state index in [1.807, 2.05) is 29.2 Å². The molecule has 1 unspecified atom stereocenters. The Bertz CT molecular complexity index is 641. The van der Waals surface area contributed by atoms with Gasteiger partial charge in [0.05, 0.1) is 5.75 Å². The average molecular weight is 311 g/mol. The molecule has 114 valence electrons. The molecule has 1 aliphatic rings. The summed E-state index contributed by atoms with van der Waals surface area (Å²) in [5.41, 5.74) is 3.67. The highest BCUT2D eigenvalue weighted by Gasteiger charge is 2.27. The quantitative estimate of drug-likeness (QED) is 0.839. The van der Waals surface area contributed by atoms with Gasteiger partial charge in [-0.2, -0.15) is 0 Å². The fourth-order valence-corrected chi connectivity index (χ4v) is 3.81. The van der Waals surface area contributed by atoms with Crippen LogP contribution in [0.5, 0.6) is 0 Å². The van der Waals surface area contributed by atoms with E-state index in [9.17, 15) is 4.79 Å². The van der Waals surface area contributed by atoms with Crippen molar-refractivity contribution in [1.29, 1.82) is 0 Å². The van der Waals surface area contributed by atoms with Gasteiger partial charge in [-0.1, -0.05) is 48.5 Å². The molecule has 0 aromatic heterocycles. The zero-order valence-electron chi connectivity index (χ0n) is 12.9. The van der Waals surface area contributed by atoms with E-state index in [0.717, 1.165) is 24.3 Å². The van der Waals surface area contributed by atoms with Gasteiger partial charge in [-0.05, 0) is 37.0 Å². The monoisotopic (exact) mass is 311 g/mol. The molecule has 2 nitrogen and oxygen atoms in total. The largest absolute Gasteiger partial charge is 0.309 e. The Morgan fingerprint density at radius 2 is 1.86 bits per heavy atom. The first-order valence-electron chi connectivity index (χ1n) is 7.77. The zero-order valence-corrected chi connectivity index (χ0v) is 13.7. The number of amides is 1. The van der Waals surface area contributed by atoms with Crippen molar-refractivity contribution in [1.82, 2.24) is 0 Å². The lowest BCUT2D eigenvalue weighted by Crippen LogP contribution is -2.43. The van der Waals surface area contributed by atoms with Crippen LogP contribution in [0.2, 0.25) is 0 Å². The molecule has 0 aliphatic carbocycles. The molecule has 1 amide bonds. The summed E-state index contributed by atoms with van der Waals surface area (Å²) in [7, 11) is 0. The zero-order chi connectivity index (χ0) is 15.4. The predicted molar refractivity (Wildman–Crippen MR) is 94.3 cm³/mol. The van der Waals surface area contributed by atoms with Crippen LogP contribution < -0.4 is 4.90 Å². The van der Waals surface area contributed by atoms with E-state index in [0.29, 0.717) is 11.8 Å². The third kappa shape index (κ3) is 3.36. The molecule has 0 bridgehead atoms.